The van der Waals surface area contributed by atoms with E-state index in [1.165, 1.54) is 12.3 Å². The molecule has 66 valence electrons. The van der Waals surface area contributed by atoms with Gasteiger partial charge in [-0.1, -0.05) is 0 Å². The van der Waals surface area contributed by atoms with Gasteiger partial charge in [-0.15, -0.1) is 0 Å². The van der Waals surface area contributed by atoms with Crippen LogP contribution in [0.2, 0.25) is 0 Å². The molecular weight excluding hydrogens is 235 g/mol. The second-order valence-corrected chi connectivity index (χ2v) is 3.05. The molecule has 1 rings (SSSR count). The van der Waals surface area contributed by atoms with E-state index >= 15 is 0 Å². The molecule has 0 aromatic carbocycles. The topological polar surface area (TPSA) is 12.9 Å². The summed E-state index contributed by atoms with van der Waals surface area (Å²) in [5, 5.41) is 0. The summed E-state index contributed by atoms with van der Waals surface area (Å²) in [6.07, 6.45) is -1.50. The largest absolute Gasteiger partial charge is 0.280 e. The molecule has 1 aromatic heterocycles. The molecule has 0 saturated carbocycles. The van der Waals surface area contributed by atoms with E-state index in [1.54, 1.807) is 0 Å². The third-order valence-corrected chi connectivity index (χ3v) is 1.75. The number of alkyl halides is 3. The van der Waals surface area contributed by atoms with Gasteiger partial charge in [-0.25, -0.2) is 13.2 Å². The minimum Gasteiger partial charge on any atom is -0.254 e. The van der Waals surface area contributed by atoms with Gasteiger partial charge in [0.2, 0.25) is 0 Å². The Morgan fingerprint density at radius 1 is 1.50 bits per heavy atom. The summed E-state index contributed by atoms with van der Waals surface area (Å²) in [7, 11) is 0. The molecule has 0 fully saturated rings. The molecule has 0 spiro atoms. The molecule has 0 radical (unpaired) electrons. The molecule has 0 N–H and O–H groups in total. The highest BCUT2D eigenvalue weighted by atomic mass is 79.9. The van der Waals surface area contributed by atoms with Crippen LogP contribution in [0.15, 0.2) is 16.7 Å². The Hall–Kier alpha value is -0.580. The Balaban J connectivity index is 3.11. The fraction of sp³-hybridized carbons (Fsp3) is 0.286. The number of hydrogen-bond donors (Lipinski definition) is 0. The summed E-state index contributed by atoms with van der Waals surface area (Å²) in [5.41, 5.74) is -0.555. The lowest BCUT2D eigenvalue weighted by Crippen LogP contribution is -1.96. The number of nitrogens with zero attached hydrogens (tertiary/aromatic N) is 1. The fourth-order valence-corrected chi connectivity index (χ4v) is 1.17. The summed E-state index contributed by atoms with van der Waals surface area (Å²) in [6, 6.07) is 1.30. The van der Waals surface area contributed by atoms with Gasteiger partial charge in [0.1, 0.15) is 12.4 Å². The first-order valence-corrected chi connectivity index (χ1v) is 3.93. The van der Waals surface area contributed by atoms with Crippen LogP contribution in [-0.2, 0) is 6.67 Å². The van der Waals surface area contributed by atoms with Crippen LogP contribution in [0.1, 0.15) is 17.7 Å². The Bertz CT molecular complexity index is 277. The summed E-state index contributed by atoms with van der Waals surface area (Å²) >= 11 is 3.01. The first-order valence-electron chi connectivity index (χ1n) is 3.13. The van der Waals surface area contributed by atoms with Crippen molar-refractivity contribution >= 4 is 15.9 Å². The third-order valence-electron chi connectivity index (χ3n) is 1.32. The van der Waals surface area contributed by atoms with Gasteiger partial charge in [0.15, 0.2) is 0 Å². The van der Waals surface area contributed by atoms with Gasteiger partial charge in [0, 0.05) is 16.2 Å². The van der Waals surface area contributed by atoms with Crippen LogP contribution in [0.4, 0.5) is 13.2 Å². The molecule has 1 aromatic rings. The smallest absolute Gasteiger partial charge is 0.254 e. The predicted octanol–water partition coefficient (Wildman–Crippen LogP) is 3.25. The van der Waals surface area contributed by atoms with Crippen LogP contribution >= 0.6 is 15.9 Å². The molecule has 0 saturated heterocycles. The first kappa shape index (κ1) is 9.51. The van der Waals surface area contributed by atoms with Crippen LogP contribution in [0.25, 0.3) is 0 Å². The van der Waals surface area contributed by atoms with Crippen LogP contribution in [0.3, 0.4) is 0 Å². The zero-order valence-corrected chi connectivity index (χ0v) is 7.48. The zero-order chi connectivity index (χ0) is 9.14. The highest BCUT2D eigenvalue weighted by molar-refractivity contribution is 9.10. The molecule has 0 unspecified atom stereocenters. The molecule has 0 amide bonds. The van der Waals surface area contributed by atoms with Crippen molar-refractivity contribution in [1.82, 2.24) is 4.98 Å². The lowest BCUT2D eigenvalue weighted by atomic mass is 10.2. The van der Waals surface area contributed by atoms with Crippen molar-refractivity contribution in [2.24, 2.45) is 0 Å². The SMILES string of the molecule is FCc1cc(Br)cnc1C(F)F. The second kappa shape index (κ2) is 3.89. The van der Waals surface area contributed by atoms with Crippen molar-refractivity contribution in [2.45, 2.75) is 13.1 Å². The molecule has 0 aliphatic carbocycles. The van der Waals surface area contributed by atoms with Crippen molar-refractivity contribution < 1.29 is 13.2 Å². The number of halogens is 4. The highest BCUT2D eigenvalue weighted by Crippen LogP contribution is 2.23. The molecule has 12 heavy (non-hydrogen) atoms. The van der Waals surface area contributed by atoms with Crippen molar-refractivity contribution in [3.63, 3.8) is 0 Å². The normalized spacial score (nSPS) is 10.8. The first-order chi connectivity index (χ1) is 5.65. The van der Waals surface area contributed by atoms with Crippen molar-refractivity contribution in [3.05, 3.63) is 28.0 Å². The molecule has 0 bridgehead atoms. The van der Waals surface area contributed by atoms with Gasteiger partial charge >= 0.3 is 0 Å². The Labute approximate surface area is 75.7 Å². The molecule has 1 heterocycles. The molecular formula is C7H5BrF3N. The summed E-state index contributed by atoms with van der Waals surface area (Å²) in [4.78, 5) is 3.41. The molecule has 0 atom stereocenters. The molecule has 1 nitrogen and oxygen atoms in total. The van der Waals surface area contributed by atoms with E-state index in [2.05, 4.69) is 20.9 Å². The van der Waals surface area contributed by atoms with Gasteiger partial charge < -0.3 is 0 Å². The summed E-state index contributed by atoms with van der Waals surface area (Å²) in [6.45, 7) is -0.924. The number of rotatable bonds is 2. The molecule has 0 aliphatic rings. The summed E-state index contributed by atoms with van der Waals surface area (Å²) in [5.74, 6) is 0. The minimum absolute atomic E-state index is 0.0700. The second-order valence-electron chi connectivity index (χ2n) is 2.13. The Morgan fingerprint density at radius 2 is 2.17 bits per heavy atom. The van der Waals surface area contributed by atoms with E-state index in [9.17, 15) is 13.2 Å². The van der Waals surface area contributed by atoms with E-state index in [0.717, 1.165) is 0 Å². The average Bonchev–Trinajstić information content (AvgIpc) is 2.03. The molecule has 5 heteroatoms. The Kier molecular flexibility index (Phi) is 3.08. The number of hydrogen-bond acceptors (Lipinski definition) is 1. The van der Waals surface area contributed by atoms with Crippen LogP contribution in [0, 0.1) is 0 Å². The average molecular weight is 240 g/mol. The quantitative estimate of drug-likeness (QED) is 0.773. The van der Waals surface area contributed by atoms with Gasteiger partial charge in [0.05, 0.1) is 0 Å². The third kappa shape index (κ3) is 1.97. The van der Waals surface area contributed by atoms with Gasteiger partial charge in [-0.05, 0) is 22.0 Å². The fourth-order valence-electron chi connectivity index (χ4n) is 0.795. The molecule has 0 aliphatic heterocycles. The van der Waals surface area contributed by atoms with Crippen molar-refractivity contribution in [1.29, 1.82) is 0 Å². The highest BCUT2D eigenvalue weighted by Gasteiger charge is 2.14. The van der Waals surface area contributed by atoms with Gasteiger partial charge in [0.25, 0.3) is 6.43 Å². The van der Waals surface area contributed by atoms with Crippen LogP contribution in [-0.4, -0.2) is 4.98 Å². The van der Waals surface area contributed by atoms with E-state index < -0.39 is 18.8 Å². The van der Waals surface area contributed by atoms with E-state index in [1.807, 2.05) is 0 Å². The zero-order valence-electron chi connectivity index (χ0n) is 5.90. The number of pyridine rings is 1. The Morgan fingerprint density at radius 3 is 2.67 bits per heavy atom. The maximum atomic E-state index is 12.1. The predicted molar refractivity (Wildman–Crippen MR) is 41.7 cm³/mol. The summed E-state index contributed by atoms with van der Waals surface area (Å²) < 4.78 is 36.8. The van der Waals surface area contributed by atoms with Gasteiger partial charge in [-0.3, -0.25) is 4.98 Å². The van der Waals surface area contributed by atoms with E-state index in [4.69, 9.17) is 0 Å². The van der Waals surface area contributed by atoms with E-state index in [-0.39, 0.29) is 5.56 Å². The minimum atomic E-state index is -2.72. The van der Waals surface area contributed by atoms with Crippen LogP contribution in [0.5, 0.6) is 0 Å². The maximum Gasteiger partial charge on any atom is 0.280 e. The maximum absolute atomic E-state index is 12.1. The van der Waals surface area contributed by atoms with Crippen molar-refractivity contribution in [2.75, 3.05) is 0 Å². The monoisotopic (exact) mass is 239 g/mol. The van der Waals surface area contributed by atoms with Crippen molar-refractivity contribution in [3.8, 4) is 0 Å². The van der Waals surface area contributed by atoms with E-state index in [0.29, 0.717) is 4.47 Å². The van der Waals surface area contributed by atoms with Gasteiger partial charge in [-0.2, -0.15) is 0 Å². The van der Waals surface area contributed by atoms with Crippen LogP contribution < -0.4 is 0 Å². The lowest BCUT2D eigenvalue weighted by molar-refractivity contribution is 0.143. The number of aromatic nitrogens is 1. The standard InChI is InChI=1S/C7H5BrF3N/c8-5-1-4(2-9)6(7(10)11)12-3-5/h1,3,7H,2H2. The lowest BCUT2D eigenvalue weighted by Gasteiger charge is -2.03.